The van der Waals surface area contributed by atoms with Gasteiger partial charge >= 0.3 is 0 Å². The Morgan fingerprint density at radius 2 is 2.05 bits per heavy atom. The first-order valence-electron chi connectivity index (χ1n) is 7.17. The van der Waals surface area contributed by atoms with E-state index in [0.717, 1.165) is 19.5 Å². The molecule has 2 bridgehead atoms. The van der Waals surface area contributed by atoms with Gasteiger partial charge in [0.2, 0.25) is 0 Å². The van der Waals surface area contributed by atoms with Crippen molar-refractivity contribution >= 4 is 5.78 Å². The van der Waals surface area contributed by atoms with E-state index in [1.807, 2.05) is 6.08 Å². The highest BCUT2D eigenvalue weighted by Gasteiger charge is 2.52. The maximum absolute atomic E-state index is 11.8. The summed E-state index contributed by atoms with van der Waals surface area (Å²) in [4.78, 5) is 14.3. The highest BCUT2D eigenvalue weighted by atomic mass is 16.1. The molecule has 1 aromatic rings. The Bertz CT molecular complexity index is 616. The second kappa shape index (κ2) is 3.57. The van der Waals surface area contributed by atoms with Crippen LogP contribution in [0.25, 0.3) is 0 Å². The van der Waals surface area contributed by atoms with Crippen molar-refractivity contribution in [3.8, 4) is 0 Å². The molecular formula is C17H19NO. The predicted molar refractivity (Wildman–Crippen MR) is 75.2 cm³/mol. The number of allylic oxidation sites excluding steroid dienone is 1. The standard InChI is InChI=1S/C17H19NO/c1-11-7-13-10-18-6-5-17(15(13)8-12(11)2)4-3-14(19)9-16(17)18/h3-4,7-8,16H,5-6,9-10H2,1-2H3/t16-,17-/m0/s1. The SMILES string of the molecule is Cc1cc2c(cc1C)[C@@]13C=CC(=O)C[C@@H]1N(CC3)C2. The molecule has 3 aliphatic rings. The minimum Gasteiger partial charge on any atom is -0.295 e. The monoisotopic (exact) mass is 253 g/mol. The van der Waals surface area contributed by atoms with Gasteiger partial charge in [0.15, 0.2) is 5.78 Å². The Hall–Kier alpha value is -1.41. The van der Waals surface area contributed by atoms with Gasteiger partial charge in [0.1, 0.15) is 0 Å². The number of hydrogen-bond acceptors (Lipinski definition) is 2. The van der Waals surface area contributed by atoms with Crippen LogP contribution in [0.5, 0.6) is 0 Å². The van der Waals surface area contributed by atoms with Crippen molar-refractivity contribution in [3.63, 3.8) is 0 Å². The van der Waals surface area contributed by atoms with Crippen molar-refractivity contribution in [1.29, 1.82) is 0 Å². The van der Waals surface area contributed by atoms with E-state index in [2.05, 4.69) is 37.0 Å². The molecule has 0 aromatic heterocycles. The number of hydrogen-bond donors (Lipinski definition) is 0. The van der Waals surface area contributed by atoms with Crippen molar-refractivity contribution in [1.82, 2.24) is 4.90 Å². The number of benzene rings is 1. The third-order valence-electron chi connectivity index (χ3n) is 5.40. The van der Waals surface area contributed by atoms with Crippen LogP contribution in [0.3, 0.4) is 0 Å². The van der Waals surface area contributed by atoms with Crippen molar-refractivity contribution in [2.24, 2.45) is 0 Å². The predicted octanol–water partition coefficient (Wildman–Crippen LogP) is 2.66. The minimum absolute atomic E-state index is 0.111. The molecule has 1 fully saturated rings. The zero-order chi connectivity index (χ0) is 13.2. The van der Waals surface area contributed by atoms with E-state index in [1.165, 1.54) is 22.3 Å². The Morgan fingerprint density at radius 1 is 1.26 bits per heavy atom. The first-order chi connectivity index (χ1) is 9.10. The second-order valence-corrected chi connectivity index (χ2v) is 6.37. The number of nitrogens with zero attached hydrogens (tertiary/aromatic N) is 1. The third-order valence-corrected chi connectivity index (χ3v) is 5.40. The van der Waals surface area contributed by atoms with Crippen molar-refractivity contribution in [2.45, 2.75) is 44.7 Å². The van der Waals surface area contributed by atoms with E-state index >= 15 is 0 Å². The summed E-state index contributed by atoms with van der Waals surface area (Å²) in [6.45, 7) is 6.52. The van der Waals surface area contributed by atoms with Crippen LogP contribution < -0.4 is 0 Å². The topological polar surface area (TPSA) is 20.3 Å². The Labute approximate surface area is 114 Å². The Balaban J connectivity index is 1.97. The molecule has 3 atom stereocenters. The summed E-state index contributed by atoms with van der Waals surface area (Å²) >= 11 is 0. The van der Waals surface area contributed by atoms with Crippen LogP contribution in [0.4, 0.5) is 0 Å². The summed E-state index contributed by atoms with van der Waals surface area (Å²) in [5.74, 6) is 0.291. The fourth-order valence-corrected chi connectivity index (χ4v) is 4.23. The summed E-state index contributed by atoms with van der Waals surface area (Å²) in [6, 6.07) is 5.13. The molecule has 0 spiro atoms. The molecule has 1 aliphatic carbocycles. The fourth-order valence-electron chi connectivity index (χ4n) is 4.23. The van der Waals surface area contributed by atoms with E-state index in [0.29, 0.717) is 18.2 Å². The number of carbonyl (C=O) groups excluding carboxylic acids is 1. The van der Waals surface area contributed by atoms with Gasteiger partial charge in [-0.05, 0) is 48.6 Å². The largest absolute Gasteiger partial charge is 0.295 e. The number of ketones is 1. The van der Waals surface area contributed by atoms with Gasteiger partial charge in [0, 0.05) is 31.0 Å². The number of carbonyl (C=O) groups is 1. The number of rotatable bonds is 0. The Kier molecular flexibility index (Phi) is 2.15. The summed E-state index contributed by atoms with van der Waals surface area (Å²) < 4.78 is 0. The molecule has 0 amide bonds. The number of fused-ring (bicyclic) bond motifs is 1. The zero-order valence-corrected chi connectivity index (χ0v) is 11.6. The van der Waals surface area contributed by atoms with Gasteiger partial charge in [-0.1, -0.05) is 18.2 Å². The smallest absolute Gasteiger partial charge is 0.157 e. The first kappa shape index (κ1) is 11.4. The molecule has 19 heavy (non-hydrogen) atoms. The molecule has 2 nitrogen and oxygen atoms in total. The molecule has 2 heteroatoms. The van der Waals surface area contributed by atoms with Gasteiger partial charge < -0.3 is 0 Å². The van der Waals surface area contributed by atoms with Crippen LogP contribution in [-0.4, -0.2) is 23.3 Å². The molecule has 0 saturated carbocycles. The lowest BCUT2D eigenvalue weighted by Crippen LogP contribution is -2.48. The maximum Gasteiger partial charge on any atom is 0.157 e. The molecule has 0 radical (unpaired) electrons. The molecular weight excluding hydrogens is 234 g/mol. The molecule has 4 rings (SSSR count). The first-order valence-corrected chi connectivity index (χ1v) is 7.17. The van der Waals surface area contributed by atoms with E-state index in [9.17, 15) is 4.79 Å². The van der Waals surface area contributed by atoms with Crippen LogP contribution >= 0.6 is 0 Å². The van der Waals surface area contributed by atoms with Gasteiger partial charge in [-0.25, -0.2) is 0 Å². The Morgan fingerprint density at radius 3 is 2.89 bits per heavy atom. The maximum atomic E-state index is 11.8. The van der Waals surface area contributed by atoms with Crippen molar-refractivity contribution in [2.75, 3.05) is 6.54 Å². The summed E-state index contributed by atoms with van der Waals surface area (Å²) in [5.41, 5.74) is 5.82. The second-order valence-electron chi connectivity index (χ2n) is 6.37. The average Bonchev–Trinajstić information content (AvgIpc) is 2.65. The lowest BCUT2D eigenvalue weighted by Gasteiger charge is -2.44. The van der Waals surface area contributed by atoms with Gasteiger partial charge in [-0.2, -0.15) is 0 Å². The van der Waals surface area contributed by atoms with E-state index in [-0.39, 0.29) is 5.41 Å². The van der Waals surface area contributed by atoms with Gasteiger partial charge in [0.25, 0.3) is 0 Å². The highest BCUT2D eigenvalue weighted by molar-refractivity contribution is 5.92. The van der Waals surface area contributed by atoms with Gasteiger partial charge in [0.05, 0.1) is 0 Å². The normalized spacial score (nSPS) is 35.2. The van der Waals surface area contributed by atoms with E-state index in [4.69, 9.17) is 0 Å². The van der Waals surface area contributed by atoms with Crippen LogP contribution in [-0.2, 0) is 16.8 Å². The molecule has 1 unspecified atom stereocenters. The van der Waals surface area contributed by atoms with Gasteiger partial charge in [-0.3, -0.25) is 9.69 Å². The lowest BCUT2D eigenvalue weighted by atomic mass is 9.66. The van der Waals surface area contributed by atoms with Crippen molar-refractivity contribution < 1.29 is 4.79 Å². The zero-order valence-electron chi connectivity index (χ0n) is 11.6. The summed E-state index contributed by atoms with van der Waals surface area (Å²) in [6.07, 6.45) is 5.89. The van der Waals surface area contributed by atoms with Crippen LogP contribution in [0.15, 0.2) is 24.3 Å². The number of aryl methyl sites for hydroxylation is 2. The molecule has 1 saturated heterocycles. The molecule has 1 aromatic carbocycles. The molecule has 2 heterocycles. The molecule has 2 aliphatic heterocycles. The van der Waals surface area contributed by atoms with E-state index < -0.39 is 0 Å². The molecule has 98 valence electrons. The van der Waals surface area contributed by atoms with Gasteiger partial charge in [-0.15, -0.1) is 0 Å². The van der Waals surface area contributed by atoms with Crippen LogP contribution in [0, 0.1) is 13.8 Å². The van der Waals surface area contributed by atoms with Crippen LogP contribution in [0.1, 0.15) is 35.1 Å². The summed E-state index contributed by atoms with van der Waals surface area (Å²) in [7, 11) is 0. The van der Waals surface area contributed by atoms with Crippen LogP contribution in [0.2, 0.25) is 0 Å². The quantitative estimate of drug-likeness (QED) is 0.708. The fraction of sp³-hybridized carbons (Fsp3) is 0.471. The third kappa shape index (κ3) is 1.38. The minimum atomic E-state index is 0.111. The average molecular weight is 253 g/mol. The summed E-state index contributed by atoms with van der Waals surface area (Å²) in [5, 5.41) is 0. The lowest BCUT2D eigenvalue weighted by molar-refractivity contribution is -0.116. The highest BCUT2D eigenvalue weighted by Crippen LogP contribution is 2.50. The van der Waals surface area contributed by atoms with E-state index in [1.54, 1.807) is 0 Å². The molecule has 0 N–H and O–H groups in total. The van der Waals surface area contributed by atoms with Crippen molar-refractivity contribution in [3.05, 3.63) is 46.5 Å².